The molecule has 0 bridgehead atoms. The summed E-state index contributed by atoms with van der Waals surface area (Å²) in [6.07, 6.45) is 12.9. The number of hydrogen-bond acceptors (Lipinski definition) is 9. The summed E-state index contributed by atoms with van der Waals surface area (Å²) in [4.78, 5) is 43.6. The van der Waals surface area contributed by atoms with Crippen molar-refractivity contribution in [2.45, 2.75) is 0 Å². The topological polar surface area (TPSA) is 131 Å². The third kappa shape index (κ3) is 18.1. The molecule has 12 nitrogen and oxygen atoms in total. The van der Waals surface area contributed by atoms with Gasteiger partial charge >= 0.3 is 0 Å². The van der Waals surface area contributed by atoms with Gasteiger partial charge in [-0.1, -0.05) is 279 Å². The first-order chi connectivity index (χ1) is 73.2. The Morgan fingerprint density at radius 2 is 0.453 bits per heavy atom. The minimum Gasteiger partial charge on any atom is -0.308 e. The van der Waals surface area contributed by atoms with Gasteiger partial charge in [-0.05, 0) is 319 Å². The number of hydrogen-bond donors (Lipinski definition) is 0. The van der Waals surface area contributed by atoms with E-state index in [0.717, 1.165) is 212 Å². The zero-order valence-electron chi connectivity index (χ0n) is 80.1. The van der Waals surface area contributed by atoms with Gasteiger partial charge in [0.05, 0.1) is 90.5 Å². The Morgan fingerprint density at radius 1 is 0.155 bits per heavy atom. The number of halogens is 1. The lowest BCUT2D eigenvalue weighted by Crippen LogP contribution is -1.98. The molecule has 0 N–H and O–H groups in total. The van der Waals surface area contributed by atoms with Crippen molar-refractivity contribution < 1.29 is 4.39 Å². The molecular formula is C135H89FN12. The summed E-state index contributed by atoms with van der Waals surface area (Å²) in [5.41, 5.74) is 39.8. The maximum atomic E-state index is 15.8. The first-order valence-electron chi connectivity index (χ1n) is 49.4. The summed E-state index contributed by atoms with van der Waals surface area (Å²) in [6, 6.07) is 172. The van der Waals surface area contributed by atoms with Crippen molar-refractivity contribution in [3.63, 3.8) is 0 Å². The van der Waals surface area contributed by atoms with Gasteiger partial charge in [0.2, 0.25) is 0 Å². The van der Waals surface area contributed by atoms with E-state index < -0.39 is 0 Å². The van der Waals surface area contributed by atoms with Crippen molar-refractivity contribution in [3.8, 4) is 185 Å². The maximum absolute atomic E-state index is 15.8. The van der Waals surface area contributed by atoms with Crippen LogP contribution >= 0.6 is 0 Å². The lowest BCUT2D eigenvalue weighted by molar-refractivity contribution is 0.627. The Morgan fingerprint density at radius 3 is 0.892 bits per heavy atom. The molecule has 0 amide bonds. The molecule has 0 saturated heterocycles. The highest BCUT2D eigenvalue weighted by atomic mass is 19.1. The third-order valence-electron chi connectivity index (χ3n) is 27.3. The summed E-state index contributed by atoms with van der Waals surface area (Å²) in [7, 11) is 0. The van der Waals surface area contributed by atoms with E-state index in [9.17, 15) is 0 Å². The van der Waals surface area contributed by atoms with Crippen LogP contribution < -0.4 is 0 Å². The average molecular weight is 1900 g/mol. The first-order valence-corrected chi connectivity index (χ1v) is 49.4. The SMILES string of the molecule is Fc1cc(-c2cc(-c3cc(-c4ccccc4)cc(-c4ccccc4)c3)cc(-c3ccccn3)n2)cc(-n2c3ccccc3c3ncccc32)c1.c1ccc(-c2cc(-c3ccccc3)cc(-c3cc(-c4cccc(-n5c6ccccc6c6cccnc65)c4)cc(-c4ccccn4)n3)c2)cc1.c1ccc(-c2cc(-c3ccccc3)cc(-c3cc(-c4cccc(-n5c6ccccc6c6ccncc65)c4)cc(-c4ccccn4)n3)c2)cc1. The van der Waals surface area contributed by atoms with E-state index >= 15 is 4.39 Å². The van der Waals surface area contributed by atoms with Gasteiger partial charge in [0.25, 0.3) is 0 Å². The number of pyridine rings is 9. The monoisotopic (exact) mass is 1900 g/mol. The minimum absolute atomic E-state index is 0.351. The molecule has 0 saturated carbocycles. The second-order valence-electron chi connectivity index (χ2n) is 36.6. The Kier molecular flexibility index (Phi) is 24.0. The fourth-order valence-corrected chi connectivity index (χ4v) is 20.3. The van der Waals surface area contributed by atoms with Crippen LogP contribution in [0.3, 0.4) is 0 Å². The van der Waals surface area contributed by atoms with E-state index in [-0.39, 0.29) is 5.82 Å². The highest BCUT2D eigenvalue weighted by Crippen LogP contribution is 2.45. The zero-order valence-corrected chi connectivity index (χ0v) is 80.1. The number of aromatic nitrogens is 12. The number of fused-ring (bicyclic) bond motifs is 9. The summed E-state index contributed by atoms with van der Waals surface area (Å²) >= 11 is 0. The molecule has 0 aliphatic heterocycles. The van der Waals surface area contributed by atoms with Crippen LogP contribution in [0.5, 0.6) is 0 Å². The van der Waals surface area contributed by atoms with Crippen LogP contribution in [0.15, 0.2) is 541 Å². The van der Waals surface area contributed by atoms with Gasteiger partial charge in [0.15, 0.2) is 0 Å². The molecule has 0 fully saturated rings. The molecular weight excluding hydrogens is 1810 g/mol. The van der Waals surface area contributed by atoms with Crippen molar-refractivity contribution in [2.75, 3.05) is 0 Å². The Balaban J connectivity index is 0.000000115. The standard InChI is InChI=1S/C45H29FN4.2C45H30N4/c46-37-25-36(26-38(29-37)50-43-18-8-7-16-39(43)45-44(50)19-11-21-48-45)41-27-35(28-42(49-41)40-17-9-10-20-47-40)34-23-32(30-12-3-1-4-13-30)22-33(24-34)31-14-5-2-6-15-31;1-3-13-31(14-4-1)34-25-35(32-15-5-2-6-16-32)27-37(26-34)42-29-36(30-43(48-42)41-21-9-10-23-46-41)33-17-11-18-38(28-33)49-44-22-8-7-19-39(44)40-20-12-24-47-45(40)49;1-3-12-31(13-4-1)34-24-35(32-14-5-2-6-15-32)26-37(25-34)42-28-36(29-43(48-42)41-19-9-10-22-47-41)33-16-11-17-38(27-33)49-44-20-8-7-18-39(44)40-21-23-46-30-45(40)49/h1-29H;2*1-30H. The molecule has 27 aromatic rings. The molecule has 0 aliphatic rings. The van der Waals surface area contributed by atoms with E-state index in [1.807, 2.05) is 140 Å². The smallest absolute Gasteiger partial charge is 0.145 e. The van der Waals surface area contributed by atoms with Crippen molar-refractivity contribution in [1.29, 1.82) is 0 Å². The Labute approximate surface area is 854 Å². The Bertz CT molecular complexity index is 8890. The fourth-order valence-electron chi connectivity index (χ4n) is 20.3. The van der Waals surface area contributed by atoms with Gasteiger partial charge < -0.3 is 9.13 Å². The summed E-state index contributed by atoms with van der Waals surface area (Å²) in [5, 5.41) is 5.74. The van der Waals surface area contributed by atoms with Crippen LogP contribution in [-0.2, 0) is 0 Å². The second kappa shape index (κ2) is 39.8. The molecule has 13 heteroatoms. The van der Waals surface area contributed by atoms with Crippen LogP contribution in [0.25, 0.3) is 251 Å². The number of rotatable bonds is 18. The molecule has 12 aromatic heterocycles. The minimum atomic E-state index is -0.351. The molecule has 0 atom stereocenters. The van der Waals surface area contributed by atoms with Crippen LogP contribution in [0.1, 0.15) is 0 Å². The fraction of sp³-hybridized carbons (Fsp3) is 0. The summed E-state index contributed by atoms with van der Waals surface area (Å²) in [5.74, 6) is -0.351. The van der Waals surface area contributed by atoms with Crippen molar-refractivity contribution in [3.05, 3.63) is 547 Å². The predicted molar refractivity (Wildman–Crippen MR) is 604 cm³/mol. The van der Waals surface area contributed by atoms with Gasteiger partial charge in [0, 0.05) is 97.9 Å². The van der Waals surface area contributed by atoms with Crippen LogP contribution in [0, 0.1) is 5.82 Å². The van der Waals surface area contributed by atoms with E-state index in [1.54, 1.807) is 24.5 Å². The molecule has 27 rings (SSSR count). The molecule has 696 valence electrons. The van der Waals surface area contributed by atoms with Gasteiger partial charge in [0.1, 0.15) is 11.5 Å². The third-order valence-corrected chi connectivity index (χ3v) is 27.3. The number of nitrogens with zero attached hydrogens (tertiary/aromatic N) is 12. The molecule has 0 unspecified atom stereocenters. The van der Waals surface area contributed by atoms with Gasteiger partial charge in [-0.25, -0.2) is 24.3 Å². The maximum Gasteiger partial charge on any atom is 0.145 e. The molecule has 0 spiro atoms. The lowest BCUT2D eigenvalue weighted by atomic mass is 9.92. The van der Waals surface area contributed by atoms with Crippen LogP contribution in [-0.4, -0.2) is 58.6 Å². The first kappa shape index (κ1) is 89.3. The summed E-state index contributed by atoms with van der Waals surface area (Å²) < 4.78 is 22.4. The van der Waals surface area contributed by atoms with Crippen LogP contribution in [0.2, 0.25) is 0 Å². The van der Waals surface area contributed by atoms with Crippen LogP contribution in [0.4, 0.5) is 4.39 Å². The van der Waals surface area contributed by atoms with E-state index in [0.29, 0.717) is 22.6 Å². The van der Waals surface area contributed by atoms with E-state index in [2.05, 4.69) is 405 Å². The molecule has 15 aromatic carbocycles. The molecule has 12 heterocycles. The lowest BCUT2D eigenvalue weighted by Gasteiger charge is -2.15. The van der Waals surface area contributed by atoms with Crippen molar-refractivity contribution >= 4 is 65.7 Å². The molecule has 0 radical (unpaired) electrons. The van der Waals surface area contributed by atoms with Gasteiger partial charge in [-0.2, -0.15) is 0 Å². The predicted octanol–water partition coefficient (Wildman–Crippen LogP) is 34.1. The highest BCUT2D eigenvalue weighted by molar-refractivity contribution is 6.11. The number of para-hydroxylation sites is 3. The second-order valence-corrected chi connectivity index (χ2v) is 36.6. The molecule has 0 aliphatic carbocycles. The van der Waals surface area contributed by atoms with E-state index in [1.165, 1.54) is 16.2 Å². The normalized spacial score (nSPS) is 11.3. The van der Waals surface area contributed by atoms with Gasteiger partial charge in [-0.3, -0.25) is 29.5 Å². The van der Waals surface area contributed by atoms with Crippen molar-refractivity contribution in [2.24, 2.45) is 0 Å². The zero-order chi connectivity index (χ0) is 98.6. The summed E-state index contributed by atoms with van der Waals surface area (Å²) in [6.45, 7) is 0. The van der Waals surface area contributed by atoms with Gasteiger partial charge in [-0.15, -0.1) is 0 Å². The largest absolute Gasteiger partial charge is 0.308 e. The van der Waals surface area contributed by atoms with E-state index in [4.69, 9.17) is 29.9 Å². The van der Waals surface area contributed by atoms with Crippen molar-refractivity contribution in [1.82, 2.24) is 58.6 Å². The quantitative estimate of drug-likeness (QED) is 0.0824. The Hall–Kier alpha value is -20.0. The average Bonchev–Trinajstić information content (AvgIpc) is 1.60. The number of benzene rings is 15. The highest BCUT2D eigenvalue weighted by Gasteiger charge is 2.24. The molecule has 148 heavy (non-hydrogen) atoms.